The van der Waals surface area contributed by atoms with E-state index in [1.54, 1.807) is 30.4 Å². The number of H-pyrrole nitrogens is 1. The van der Waals surface area contributed by atoms with Gasteiger partial charge in [-0.25, -0.2) is 9.78 Å². The molecule has 1 aliphatic carbocycles. The molecule has 0 amide bonds. The summed E-state index contributed by atoms with van der Waals surface area (Å²) >= 11 is 1.59. The summed E-state index contributed by atoms with van der Waals surface area (Å²) in [5.41, 5.74) is 1.01. The van der Waals surface area contributed by atoms with Gasteiger partial charge in [0.05, 0.1) is 5.39 Å². The number of esters is 1. The zero-order chi connectivity index (χ0) is 18.0. The van der Waals surface area contributed by atoms with Crippen LogP contribution in [0.5, 0.6) is 0 Å². The van der Waals surface area contributed by atoms with Gasteiger partial charge in [-0.3, -0.25) is 4.79 Å². The molecule has 2 aromatic heterocycles. The average Bonchev–Trinajstić information content (AvgIpc) is 2.92. The van der Waals surface area contributed by atoms with Crippen molar-refractivity contribution in [1.82, 2.24) is 9.97 Å². The van der Waals surface area contributed by atoms with Crippen LogP contribution in [0.15, 0.2) is 29.1 Å². The summed E-state index contributed by atoms with van der Waals surface area (Å²) in [4.78, 5) is 33.7. The molecule has 0 aliphatic heterocycles. The van der Waals surface area contributed by atoms with Crippen LogP contribution in [0.4, 0.5) is 0 Å². The summed E-state index contributed by atoms with van der Waals surface area (Å²) in [6.45, 7) is 5.81. The molecule has 3 rings (SSSR count). The van der Waals surface area contributed by atoms with E-state index < -0.39 is 12.1 Å². The fraction of sp³-hybridized carbons (Fsp3) is 0.421. The molecule has 0 radical (unpaired) electrons. The van der Waals surface area contributed by atoms with E-state index in [4.69, 9.17) is 4.74 Å². The molecule has 25 heavy (non-hydrogen) atoms. The van der Waals surface area contributed by atoms with Crippen molar-refractivity contribution in [3.8, 4) is 0 Å². The number of aromatic nitrogens is 2. The zero-order valence-electron chi connectivity index (χ0n) is 14.7. The van der Waals surface area contributed by atoms with Crippen LogP contribution in [-0.4, -0.2) is 15.9 Å². The minimum atomic E-state index is -0.613. The van der Waals surface area contributed by atoms with E-state index in [-0.39, 0.29) is 5.56 Å². The fourth-order valence-electron chi connectivity index (χ4n) is 3.07. The van der Waals surface area contributed by atoms with Crippen molar-refractivity contribution in [2.45, 2.75) is 46.1 Å². The summed E-state index contributed by atoms with van der Waals surface area (Å²) in [6, 6.07) is 0. The van der Waals surface area contributed by atoms with Gasteiger partial charge >= 0.3 is 5.97 Å². The molecule has 2 heterocycles. The number of carbonyl (C=O) groups is 1. The molecule has 2 aromatic rings. The van der Waals surface area contributed by atoms with Gasteiger partial charge < -0.3 is 9.72 Å². The van der Waals surface area contributed by atoms with Gasteiger partial charge in [0, 0.05) is 11.0 Å². The summed E-state index contributed by atoms with van der Waals surface area (Å²) < 4.78 is 5.32. The van der Waals surface area contributed by atoms with Crippen molar-refractivity contribution < 1.29 is 9.53 Å². The number of aromatic amines is 1. The SMILES string of the molecule is C/C=C/C=C/C(=O)O[C@H](C)c1nc2sc3c(c2c(=O)[nH]1)CC[C@H](C)C3. The van der Waals surface area contributed by atoms with E-state index >= 15 is 0 Å². The second-order valence-electron chi connectivity index (χ2n) is 6.45. The summed E-state index contributed by atoms with van der Waals surface area (Å²) in [7, 11) is 0. The zero-order valence-corrected chi connectivity index (χ0v) is 15.5. The molecule has 132 valence electrons. The van der Waals surface area contributed by atoms with E-state index in [9.17, 15) is 9.59 Å². The number of ether oxygens (including phenoxy) is 1. The molecular formula is C19H22N2O3S. The second kappa shape index (κ2) is 7.35. The van der Waals surface area contributed by atoms with E-state index in [1.165, 1.54) is 11.0 Å². The van der Waals surface area contributed by atoms with E-state index in [2.05, 4.69) is 16.9 Å². The summed E-state index contributed by atoms with van der Waals surface area (Å²) in [5.74, 6) is 0.563. The van der Waals surface area contributed by atoms with Gasteiger partial charge in [0.1, 0.15) is 4.83 Å². The number of rotatable bonds is 4. The minimum Gasteiger partial charge on any atom is -0.451 e. The fourth-order valence-corrected chi connectivity index (χ4v) is 4.46. The van der Waals surface area contributed by atoms with Crippen molar-refractivity contribution in [2.24, 2.45) is 5.92 Å². The predicted molar refractivity (Wildman–Crippen MR) is 99.9 cm³/mol. The Morgan fingerprint density at radius 3 is 3.00 bits per heavy atom. The van der Waals surface area contributed by atoms with Crippen molar-refractivity contribution in [1.29, 1.82) is 0 Å². The Morgan fingerprint density at radius 2 is 2.24 bits per heavy atom. The van der Waals surface area contributed by atoms with E-state index in [1.807, 2.05) is 13.0 Å². The highest BCUT2D eigenvalue weighted by atomic mass is 32.1. The monoisotopic (exact) mass is 358 g/mol. The van der Waals surface area contributed by atoms with Crippen molar-refractivity contribution in [2.75, 3.05) is 0 Å². The Labute approximate surface area is 150 Å². The number of nitrogens with one attached hydrogen (secondary N) is 1. The number of thiophene rings is 1. The first kappa shape index (κ1) is 17.6. The first-order chi connectivity index (χ1) is 12.0. The van der Waals surface area contributed by atoms with Gasteiger partial charge in [0.2, 0.25) is 0 Å². The van der Waals surface area contributed by atoms with Gasteiger partial charge in [-0.15, -0.1) is 11.3 Å². The topological polar surface area (TPSA) is 72.0 Å². The standard InChI is InChI=1S/C19H22N2O3S/c1-4-5-6-7-15(22)24-12(3)17-20-18(23)16-13-9-8-11(2)10-14(13)25-19(16)21-17/h4-7,11-12H,8-10H2,1-3H3,(H,20,21,23)/b5-4+,7-6+/t11-,12+/m0/s1. The Kier molecular flexibility index (Phi) is 5.18. The number of nitrogens with zero attached hydrogens (tertiary/aromatic N) is 1. The molecular weight excluding hydrogens is 336 g/mol. The molecule has 1 N–H and O–H groups in total. The number of hydrogen-bond acceptors (Lipinski definition) is 5. The molecule has 0 saturated carbocycles. The Hall–Kier alpha value is -2.21. The van der Waals surface area contributed by atoms with Gasteiger partial charge in [-0.2, -0.15) is 0 Å². The Balaban J connectivity index is 1.88. The lowest BCUT2D eigenvalue weighted by molar-refractivity contribution is -0.142. The number of hydrogen-bond donors (Lipinski definition) is 1. The number of carbonyl (C=O) groups excluding carboxylic acids is 1. The number of fused-ring (bicyclic) bond motifs is 3. The predicted octanol–water partition coefficient (Wildman–Crippen LogP) is 3.85. The first-order valence-corrected chi connectivity index (χ1v) is 9.35. The van der Waals surface area contributed by atoms with Crippen LogP contribution in [0.25, 0.3) is 10.2 Å². The van der Waals surface area contributed by atoms with Crippen LogP contribution >= 0.6 is 11.3 Å². The minimum absolute atomic E-state index is 0.139. The quantitative estimate of drug-likeness (QED) is 0.512. The lowest BCUT2D eigenvalue weighted by Crippen LogP contribution is -2.17. The van der Waals surface area contributed by atoms with E-state index in [0.29, 0.717) is 17.1 Å². The van der Waals surface area contributed by atoms with Gasteiger partial charge in [0.15, 0.2) is 11.9 Å². The van der Waals surface area contributed by atoms with Crippen molar-refractivity contribution in [3.63, 3.8) is 0 Å². The second-order valence-corrected chi connectivity index (χ2v) is 7.53. The van der Waals surface area contributed by atoms with Gasteiger partial charge in [-0.1, -0.05) is 25.2 Å². The third kappa shape index (κ3) is 3.74. The first-order valence-electron chi connectivity index (χ1n) is 8.54. The molecule has 2 atom stereocenters. The third-order valence-electron chi connectivity index (χ3n) is 4.40. The van der Waals surface area contributed by atoms with Crippen molar-refractivity contribution >= 4 is 27.5 Å². The Morgan fingerprint density at radius 1 is 1.44 bits per heavy atom. The van der Waals surface area contributed by atoms with Crippen LogP contribution in [0.1, 0.15) is 49.6 Å². The van der Waals surface area contributed by atoms with Crippen LogP contribution in [-0.2, 0) is 22.4 Å². The molecule has 0 saturated heterocycles. The molecule has 0 unspecified atom stereocenters. The number of aryl methyl sites for hydroxylation is 1. The lowest BCUT2D eigenvalue weighted by Gasteiger charge is -2.17. The molecule has 1 aliphatic rings. The lowest BCUT2D eigenvalue weighted by atomic mass is 9.89. The van der Waals surface area contributed by atoms with Gasteiger partial charge in [0.25, 0.3) is 5.56 Å². The van der Waals surface area contributed by atoms with Crippen LogP contribution in [0, 0.1) is 5.92 Å². The molecule has 0 spiro atoms. The van der Waals surface area contributed by atoms with Crippen LogP contribution < -0.4 is 5.56 Å². The highest BCUT2D eigenvalue weighted by Crippen LogP contribution is 2.35. The summed E-state index contributed by atoms with van der Waals surface area (Å²) in [5, 5.41) is 0.710. The molecule has 6 heteroatoms. The van der Waals surface area contributed by atoms with E-state index in [0.717, 1.165) is 29.7 Å². The summed E-state index contributed by atoms with van der Waals surface area (Å²) in [6.07, 6.45) is 8.95. The Bertz CT molecular complexity index is 907. The van der Waals surface area contributed by atoms with Crippen LogP contribution in [0.3, 0.4) is 0 Å². The smallest absolute Gasteiger partial charge is 0.331 e. The normalized spacial score (nSPS) is 18.8. The third-order valence-corrected chi connectivity index (χ3v) is 5.55. The maximum absolute atomic E-state index is 12.6. The van der Waals surface area contributed by atoms with Gasteiger partial charge in [-0.05, 0) is 44.6 Å². The largest absolute Gasteiger partial charge is 0.451 e. The van der Waals surface area contributed by atoms with Crippen LogP contribution in [0.2, 0.25) is 0 Å². The number of allylic oxidation sites excluding steroid dienone is 3. The molecule has 0 bridgehead atoms. The maximum atomic E-state index is 12.6. The molecule has 5 nitrogen and oxygen atoms in total. The molecule has 0 aromatic carbocycles. The van der Waals surface area contributed by atoms with Crippen molar-refractivity contribution in [3.05, 3.63) is 50.9 Å². The highest BCUT2D eigenvalue weighted by molar-refractivity contribution is 7.18. The average molecular weight is 358 g/mol. The highest BCUT2D eigenvalue weighted by Gasteiger charge is 2.24. The maximum Gasteiger partial charge on any atom is 0.331 e. The molecule has 0 fully saturated rings.